The largest absolute Gasteiger partial charge is 0.426 e. The lowest BCUT2D eigenvalue weighted by Gasteiger charge is -2.35. The van der Waals surface area contributed by atoms with Crippen LogP contribution in [0.15, 0.2) is 0 Å². The van der Waals surface area contributed by atoms with E-state index >= 15 is 0 Å². The Balaban J connectivity index is 1.56. The number of nitrogens with zero attached hydrogens (tertiary/aromatic N) is 2. The molecule has 1 saturated carbocycles. The Labute approximate surface area is 177 Å². The second-order valence-electron chi connectivity index (χ2n) is 8.44. The molecule has 4 amide bonds. The highest BCUT2D eigenvalue weighted by Gasteiger charge is 2.49. The number of halogens is 2. The molecule has 3 N–H and O–H groups in total. The SMILES string of the molecule is CCC(F)(F)C[C@H](NC(=O)ON1CCC2(CC1)CC(=O)NC2=O)C(=O)NC1(C#N)CC1. The fourth-order valence-electron chi connectivity index (χ4n) is 3.75. The van der Waals surface area contributed by atoms with Gasteiger partial charge < -0.3 is 15.5 Å². The van der Waals surface area contributed by atoms with Crippen LogP contribution in [0.25, 0.3) is 0 Å². The first-order chi connectivity index (χ1) is 14.5. The molecule has 3 fully saturated rings. The summed E-state index contributed by atoms with van der Waals surface area (Å²) in [6, 6.07) is 0.355. The summed E-state index contributed by atoms with van der Waals surface area (Å²) >= 11 is 0. The molecule has 1 spiro atoms. The second kappa shape index (κ2) is 8.37. The third-order valence-electron chi connectivity index (χ3n) is 6.08. The maximum atomic E-state index is 13.9. The van der Waals surface area contributed by atoms with E-state index in [9.17, 15) is 28.0 Å². The molecule has 0 radical (unpaired) electrons. The fourth-order valence-corrected chi connectivity index (χ4v) is 3.75. The van der Waals surface area contributed by atoms with Gasteiger partial charge in [-0.25, -0.2) is 13.6 Å². The molecule has 2 aliphatic heterocycles. The van der Waals surface area contributed by atoms with Crippen molar-refractivity contribution in [1.29, 1.82) is 5.26 Å². The van der Waals surface area contributed by atoms with Crippen LogP contribution < -0.4 is 16.0 Å². The molecule has 1 atom stereocenters. The number of alkyl halides is 2. The first-order valence-electron chi connectivity index (χ1n) is 10.2. The van der Waals surface area contributed by atoms with Crippen LogP contribution in [0, 0.1) is 16.7 Å². The maximum Gasteiger partial charge on any atom is 0.426 e. The van der Waals surface area contributed by atoms with Crippen LogP contribution >= 0.6 is 0 Å². The van der Waals surface area contributed by atoms with Crippen LogP contribution in [0.3, 0.4) is 0 Å². The van der Waals surface area contributed by atoms with E-state index in [4.69, 9.17) is 10.1 Å². The summed E-state index contributed by atoms with van der Waals surface area (Å²) in [5.74, 6) is -4.75. The van der Waals surface area contributed by atoms with E-state index in [2.05, 4.69) is 16.0 Å². The fraction of sp³-hybridized carbons (Fsp3) is 0.737. The molecule has 0 bridgehead atoms. The van der Waals surface area contributed by atoms with Crippen molar-refractivity contribution in [3.05, 3.63) is 0 Å². The predicted octanol–water partition coefficient (Wildman–Crippen LogP) is 0.733. The highest BCUT2D eigenvalue weighted by Crippen LogP contribution is 2.38. The molecule has 10 nitrogen and oxygen atoms in total. The summed E-state index contributed by atoms with van der Waals surface area (Å²) in [6.45, 7) is 1.61. The molecule has 0 aromatic rings. The smallest absolute Gasteiger partial charge is 0.351 e. The van der Waals surface area contributed by atoms with Crippen molar-refractivity contribution in [2.24, 2.45) is 5.41 Å². The van der Waals surface area contributed by atoms with E-state index < -0.39 is 47.8 Å². The molecule has 12 heteroatoms. The summed E-state index contributed by atoms with van der Waals surface area (Å²) < 4.78 is 27.9. The number of hydrogen-bond acceptors (Lipinski definition) is 7. The zero-order chi connectivity index (χ0) is 22.9. The van der Waals surface area contributed by atoms with Gasteiger partial charge in [0.1, 0.15) is 11.6 Å². The predicted molar refractivity (Wildman–Crippen MR) is 100.0 cm³/mol. The van der Waals surface area contributed by atoms with Crippen LogP contribution in [0.5, 0.6) is 0 Å². The normalized spacial score (nSPS) is 22.9. The van der Waals surface area contributed by atoms with Gasteiger partial charge in [-0.05, 0) is 25.7 Å². The first-order valence-corrected chi connectivity index (χ1v) is 10.2. The lowest BCUT2D eigenvalue weighted by atomic mass is 9.77. The Morgan fingerprint density at radius 2 is 1.94 bits per heavy atom. The Kier molecular flexibility index (Phi) is 6.18. The number of piperidine rings is 1. The van der Waals surface area contributed by atoms with Crippen molar-refractivity contribution in [3.63, 3.8) is 0 Å². The van der Waals surface area contributed by atoms with Crippen molar-refractivity contribution in [2.45, 2.75) is 69.4 Å². The number of nitrogens with one attached hydrogen (secondary N) is 3. The van der Waals surface area contributed by atoms with Gasteiger partial charge in [0.05, 0.1) is 11.5 Å². The van der Waals surface area contributed by atoms with E-state index in [-0.39, 0.29) is 31.3 Å². The molecule has 3 aliphatic rings. The monoisotopic (exact) mass is 441 g/mol. The maximum absolute atomic E-state index is 13.9. The number of hydroxylamine groups is 2. The van der Waals surface area contributed by atoms with Crippen LogP contribution in [-0.2, 0) is 19.2 Å². The second-order valence-corrected chi connectivity index (χ2v) is 8.44. The molecule has 0 unspecified atom stereocenters. The number of amides is 4. The molecule has 170 valence electrons. The number of imide groups is 1. The van der Waals surface area contributed by atoms with Gasteiger partial charge in [-0.15, -0.1) is 5.06 Å². The average molecular weight is 441 g/mol. The molecule has 2 saturated heterocycles. The Morgan fingerprint density at radius 1 is 1.29 bits per heavy atom. The molecule has 2 heterocycles. The molecule has 0 aromatic carbocycles. The van der Waals surface area contributed by atoms with Crippen LogP contribution in [0.2, 0.25) is 0 Å². The number of hydrogen-bond donors (Lipinski definition) is 3. The highest BCUT2D eigenvalue weighted by atomic mass is 19.3. The van der Waals surface area contributed by atoms with E-state index in [1.807, 2.05) is 6.07 Å². The lowest BCUT2D eigenvalue weighted by molar-refractivity contribution is -0.148. The minimum absolute atomic E-state index is 0.0842. The first kappa shape index (κ1) is 22.9. The molecular weight excluding hydrogens is 416 g/mol. The molecule has 0 aromatic heterocycles. The van der Waals surface area contributed by atoms with Gasteiger partial charge in [0.15, 0.2) is 0 Å². The minimum atomic E-state index is -3.20. The standard InChI is InChI=1S/C19H25F2N5O5/c1-2-19(20,21)9-12(14(28)25-18(11-22)3-4-18)23-16(30)31-26-7-5-17(6-8-26)10-13(27)24-15(17)29/h12H,2-10H2,1H3,(H,23,30)(H,25,28)(H,24,27,29)/t12-/m0/s1. The van der Waals surface area contributed by atoms with E-state index in [1.54, 1.807) is 0 Å². The van der Waals surface area contributed by atoms with Crippen LogP contribution in [-0.4, -0.2) is 59.5 Å². The summed E-state index contributed by atoms with van der Waals surface area (Å²) in [5, 5.41) is 17.2. The van der Waals surface area contributed by atoms with Gasteiger partial charge in [0, 0.05) is 32.4 Å². The average Bonchev–Trinajstić information content (AvgIpc) is 3.42. The third-order valence-corrected chi connectivity index (χ3v) is 6.08. The minimum Gasteiger partial charge on any atom is -0.351 e. The topological polar surface area (TPSA) is 141 Å². The number of nitriles is 1. The van der Waals surface area contributed by atoms with E-state index in [0.29, 0.717) is 25.7 Å². The summed E-state index contributed by atoms with van der Waals surface area (Å²) in [5.41, 5.74) is -1.88. The van der Waals surface area contributed by atoms with Gasteiger partial charge in [0.2, 0.25) is 23.6 Å². The van der Waals surface area contributed by atoms with Crippen molar-refractivity contribution in [2.75, 3.05) is 13.1 Å². The number of carbonyl (C=O) groups is 4. The van der Waals surface area contributed by atoms with Gasteiger partial charge in [0.25, 0.3) is 0 Å². The van der Waals surface area contributed by atoms with Gasteiger partial charge in [-0.3, -0.25) is 19.7 Å². The highest BCUT2D eigenvalue weighted by molar-refractivity contribution is 6.05. The Bertz CT molecular complexity index is 815. The zero-order valence-electron chi connectivity index (χ0n) is 17.1. The summed E-state index contributed by atoms with van der Waals surface area (Å²) in [6.07, 6.45) is -1.04. The lowest BCUT2D eigenvalue weighted by Crippen LogP contribution is -2.53. The van der Waals surface area contributed by atoms with Crippen molar-refractivity contribution in [3.8, 4) is 6.07 Å². The molecule has 3 rings (SSSR count). The molecule has 31 heavy (non-hydrogen) atoms. The van der Waals surface area contributed by atoms with Crippen molar-refractivity contribution in [1.82, 2.24) is 21.0 Å². The van der Waals surface area contributed by atoms with Gasteiger partial charge >= 0.3 is 6.09 Å². The van der Waals surface area contributed by atoms with Crippen LogP contribution in [0.4, 0.5) is 13.6 Å². The quantitative estimate of drug-likeness (QED) is 0.495. The number of carbonyl (C=O) groups excluding carboxylic acids is 4. The Morgan fingerprint density at radius 3 is 2.42 bits per heavy atom. The summed E-state index contributed by atoms with van der Waals surface area (Å²) in [4.78, 5) is 53.4. The summed E-state index contributed by atoms with van der Waals surface area (Å²) in [7, 11) is 0. The van der Waals surface area contributed by atoms with Crippen molar-refractivity contribution < 1.29 is 32.8 Å². The zero-order valence-corrected chi connectivity index (χ0v) is 17.1. The van der Waals surface area contributed by atoms with Crippen molar-refractivity contribution >= 4 is 23.8 Å². The third kappa shape index (κ3) is 5.28. The van der Waals surface area contributed by atoms with Gasteiger partial charge in [-0.2, -0.15) is 5.26 Å². The van der Waals surface area contributed by atoms with Gasteiger partial charge in [-0.1, -0.05) is 6.92 Å². The Hall–Kier alpha value is -2.81. The molecular formula is C19H25F2N5O5. The molecule has 1 aliphatic carbocycles. The van der Waals surface area contributed by atoms with Crippen LogP contribution in [0.1, 0.15) is 51.9 Å². The number of rotatable bonds is 7. The van der Waals surface area contributed by atoms with E-state index in [0.717, 1.165) is 0 Å². The van der Waals surface area contributed by atoms with E-state index in [1.165, 1.54) is 12.0 Å².